The van der Waals surface area contributed by atoms with Gasteiger partial charge in [0.25, 0.3) is 0 Å². The van der Waals surface area contributed by atoms with Crippen LogP contribution in [0.15, 0.2) is 174 Å². The molecule has 0 amide bonds. The van der Waals surface area contributed by atoms with E-state index in [4.69, 9.17) is 14.4 Å². The summed E-state index contributed by atoms with van der Waals surface area (Å²) >= 11 is 0. The molecule has 0 saturated heterocycles. The molecular formula is C52H28N4O. The van der Waals surface area contributed by atoms with Gasteiger partial charge in [0.2, 0.25) is 0 Å². The highest BCUT2D eigenvalue weighted by Gasteiger charge is 2.28. The number of para-hydroxylation sites is 1. The molecule has 9 aromatic carbocycles. The predicted octanol–water partition coefficient (Wildman–Crippen LogP) is 13.7. The van der Waals surface area contributed by atoms with Crippen molar-refractivity contribution < 1.29 is 4.42 Å². The van der Waals surface area contributed by atoms with Crippen LogP contribution in [0.1, 0.15) is 0 Å². The molecule has 0 saturated carbocycles. The second-order valence-corrected chi connectivity index (χ2v) is 15.2. The van der Waals surface area contributed by atoms with Crippen molar-refractivity contribution in [2.45, 2.75) is 0 Å². The highest BCUT2D eigenvalue weighted by atomic mass is 16.3. The summed E-state index contributed by atoms with van der Waals surface area (Å²) in [4.78, 5) is 11.6. The minimum atomic E-state index is 0.791. The fraction of sp³-hybridized carbons (Fsp3) is 0. The molecule has 14 rings (SSSR count). The zero-order valence-corrected chi connectivity index (χ0v) is 30.4. The van der Waals surface area contributed by atoms with Crippen LogP contribution in [0.25, 0.3) is 132 Å². The minimum absolute atomic E-state index is 0.791. The van der Waals surface area contributed by atoms with E-state index < -0.39 is 0 Å². The summed E-state index contributed by atoms with van der Waals surface area (Å²) in [5.74, 6) is 0.791. The molecule has 0 bridgehead atoms. The lowest BCUT2D eigenvalue weighted by Crippen LogP contribution is -2.05. The zero-order chi connectivity index (χ0) is 36.9. The van der Waals surface area contributed by atoms with Gasteiger partial charge in [-0.1, -0.05) is 127 Å². The Bertz CT molecular complexity index is 3980. The van der Waals surface area contributed by atoms with Crippen LogP contribution in [-0.2, 0) is 0 Å². The van der Waals surface area contributed by atoms with Gasteiger partial charge in [-0.15, -0.1) is 0 Å². The second-order valence-electron chi connectivity index (χ2n) is 15.2. The Hall–Kier alpha value is -7.76. The summed E-state index contributed by atoms with van der Waals surface area (Å²) in [6.07, 6.45) is 0. The molecule has 57 heavy (non-hydrogen) atoms. The van der Waals surface area contributed by atoms with Gasteiger partial charge in [-0.05, 0) is 64.4 Å². The number of furan rings is 1. The van der Waals surface area contributed by atoms with E-state index in [0.717, 1.165) is 88.5 Å². The van der Waals surface area contributed by atoms with Crippen LogP contribution in [0, 0.1) is 0 Å². The summed E-state index contributed by atoms with van der Waals surface area (Å²) in [6, 6.07) is 60.7. The van der Waals surface area contributed by atoms with Crippen LogP contribution in [0.3, 0.4) is 0 Å². The van der Waals surface area contributed by atoms with E-state index in [9.17, 15) is 0 Å². The Morgan fingerprint density at radius 1 is 0.368 bits per heavy atom. The van der Waals surface area contributed by atoms with Crippen LogP contribution >= 0.6 is 0 Å². The quantitative estimate of drug-likeness (QED) is 0.170. The number of fused-ring (bicyclic) bond motifs is 10. The van der Waals surface area contributed by atoms with Crippen molar-refractivity contribution in [2.75, 3.05) is 0 Å². The Balaban J connectivity index is 1.23. The smallest absolute Gasteiger partial charge is 0.165 e. The van der Waals surface area contributed by atoms with Crippen LogP contribution in [0.5, 0.6) is 0 Å². The van der Waals surface area contributed by atoms with E-state index >= 15 is 0 Å². The molecule has 0 radical (unpaired) electrons. The molecule has 0 N–H and O–H groups in total. The predicted molar refractivity (Wildman–Crippen MR) is 235 cm³/mol. The first-order valence-electron chi connectivity index (χ1n) is 19.4. The zero-order valence-electron chi connectivity index (χ0n) is 30.4. The maximum absolute atomic E-state index is 6.71. The van der Waals surface area contributed by atoms with Gasteiger partial charge < -0.3 is 8.82 Å². The summed E-state index contributed by atoms with van der Waals surface area (Å²) < 4.78 is 11.5. The maximum atomic E-state index is 6.71. The molecular weight excluding hydrogens is 697 g/mol. The lowest BCUT2D eigenvalue weighted by molar-refractivity contribution is 0.669. The Labute approximate surface area is 323 Å². The van der Waals surface area contributed by atoms with E-state index in [1.54, 1.807) is 0 Å². The van der Waals surface area contributed by atoms with E-state index in [1.165, 1.54) is 43.4 Å². The van der Waals surface area contributed by atoms with Crippen molar-refractivity contribution in [3.63, 3.8) is 0 Å². The average molecular weight is 725 g/mol. The van der Waals surface area contributed by atoms with Crippen molar-refractivity contribution in [1.29, 1.82) is 0 Å². The van der Waals surface area contributed by atoms with E-state index in [2.05, 4.69) is 179 Å². The molecule has 5 nitrogen and oxygen atoms in total. The second kappa shape index (κ2) is 10.5. The van der Waals surface area contributed by atoms with Crippen LogP contribution in [0.4, 0.5) is 0 Å². The number of nitrogens with zero attached hydrogens (tertiary/aromatic N) is 4. The number of benzene rings is 9. The lowest BCUT2D eigenvalue weighted by atomic mass is 9.96. The normalized spacial score (nSPS) is 12.6. The van der Waals surface area contributed by atoms with Crippen molar-refractivity contribution in [3.8, 4) is 28.2 Å². The number of rotatable bonds is 3. The van der Waals surface area contributed by atoms with Crippen LogP contribution < -0.4 is 0 Å². The Morgan fingerprint density at radius 2 is 0.965 bits per heavy atom. The first-order chi connectivity index (χ1) is 28.3. The monoisotopic (exact) mass is 724 g/mol. The highest BCUT2D eigenvalue weighted by molar-refractivity contribution is 6.37. The van der Waals surface area contributed by atoms with Gasteiger partial charge in [0.1, 0.15) is 16.9 Å². The fourth-order valence-corrected chi connectivity index (χ4v) is 10.1. The first kappa shape index (κ1) is 29.6. The highest BCUT2D eigenvalue weighted by Crippen LogP contribution is 2.49. The average Bonchev–Trinajstić information content (AvgIpc) is 3.91. The standard InChI is InChI=1S/C52H28N4O/c1-2-13-29(14-3-1)30-15-4-7-19-34(30)50-52(54-49-36-21-9-6-17-32(36)31-16-5-8-20-35(31)48(49)53-50)56-40-24-12-23-39-44(40)45-41(56)26-28-42-46(45)47-43(57-42)27-25-37-33-18-10-11-22-38(33)55(39)51(37)47/h1-28H. The Morgan fingerprint density at radius 3 is 1.77 bits per heavy atom. The van der Waals surface area contributed by atoms with Crippen molar-refractivity contribution in [3.05, 3.63) is 170 Å². The first-order valence-corrected chi connectivity index (χ1v) is 19.4. The molecule has 5 heteroatoms. The van der Waals surface area contributed by atoms with Crippen molar-refractivity contribution in [2.24, 2.45) is 0 Å². The third-order valence-electron chi connectivity index (χ3n) is 12.4. The van der Waals surface area contributed by atoms with Gasteiger partial charge in [-0.25, -0.2) is 9.97 Å². The fourth-order valence-electron chi connectivity index (χ4n) is 10.1. The van der Waals surface area contributed by atoms with Gasteiger partial charge in [0.05, 0.1) is 44.0 Å². The molecule has 262 valence electrons. The molecule has 5 aromatic heterocycles. The van der Waals surface area contributed by atoms with Crippen molar-refractivity contribution in [1.82, 2.24) is 18.9 Å². The largest absolute Gasteiger partial charge is 0.456 e. The molecule has 0 aliphatic carbocycles. The Kier molecular flexibility index (Phi) is 5.45. The minimum Gasteiger partial charge on any atom is -0.456 e. The van der Waals surface area contributed by atoms with E-state index in [0.29, 0.717) is 0 Å². The number of aromatic nitrogens is 4. The summed E-state index contributed by atoms with van der Waals surface area (Å²) in [7, 11) is 0. The molecule has 5 heterocycles. The van der Waals surface area contributed by atoms with Gasteiger partial charge in [0.15, 0.2) is 5.82 Å². The molecule has 14 aromatic rings. The van der Waals surface area contributed by atoms with Gasteiger partial charge >= 0.3 is 0 Å². The van der Waals surface area contributed by atoms with Gasteiger partial charge in [-0.2, -0.15) is 0 Å². The maximum Gasteiger partial charge on any atom is 0.165 e. The van der Waals surface area contributed by atoms with Crippen LogP contribution in [0.2, 0.25) is 0 Å². The molecule has 0 aliphatic rings. The topological polar surface area (TPSA) is 48.3 Å². The molecule has 0 unspecified atom stereocenters. The lowest BCUT2D eigenvalue weighted by Gasteiger charge is -2.18. The van der Waals surface area contributed by atoms with Gasteiger partial charge in [0, 0.05) is 43.3 Å². The third kappa shape index (κ3) is 3.64. The summed E-state index contributed by atoms with van der Waals surface area (Å²) in [5.41, 5.74) is 13.3. The van der Waals surface area contributed by atoms with E-state index in [-0.39, 0.29) is 0 Å². The number of hydrogen-bond donors (Lipinski definition) is 0. The van der Waals surface area contributed by atoms with Crippen molar-refractivity contribution >= 4 is 104 Å². The SMILES string of the molecule is c1ccc(-c2ccccc2-c2nc3c4ccccc4c4ccccc4c3nc2-n2c3ccc4oc5ccc6c7ccccc7n7c8cccc2c8c3c4c5c67)cc1. The number of hydrogen-bond acceptors (Lipinski definition) is 3. The molecule has 0 aliphatic heterocycles. The summed E-state index contributed by atoms with van der Waals surface area (Å²) in [5, 5.41) is 11.6. The molecule has 0 spiro atoms. The molecule has 0 atom stereocenters. The van der Waals surface area contributed by atoms with E-state index in [1.807, 2.05) is 0 Å². The van der Waals surface area contributed by atoms with Gasteiger partial charge in [-0.3, -0.25) is 4.57 Å². The molecule has 0 fully saturated rings. The summed E-state index contributed by atoms with van der Waals surface area (Å²) in [6.45, 7) is 0. The third-order valence-corrected chi connectivity index (χ3v) is 12.4. The van der Waals surface area contributed by atoms with Crippen LogP contribution in [-0.4, -0.2) is 18.9 Å².